The maximum Gasteiger partial charge on any atom is 0.273 e. The Bertz CT molecular complexity index is 831. The molecule has 0 radical (unpaired) electrons. The van der Waals surface area contributed by atoms with E-state index in [2.05, 4.69) is 15.3 Å². The zero-order chi connectivity index (χ0) is 17.2. The van der Waals surface area contributed by atoms with E-state index in [0.717, 1.165) is 12.1 Å². The molecule has 3 rings (SSSR count). The van der Waals surface area contributed by atoms with E-state index in [1.165, 1.54) is 16.9 Å². The number of rotatable bonds is 5. The average Bonchev–Trinajstić information content (AvgIpc) is 3.02. The highest BCUT2D eigenvalue weighted by molar-refractivity contribution is 5.37. The Labute approximate surface area is 135 Å². The second-order valence-corrected chi connectivity index (χ2v) is 5.16. The van der Waals surface area contributed by atoms with Crippen molar-refractivity contribution in [1.29, 1.82) is 0 Å². The minimum absolute atomic E-state index is 0.120. The smallest absolute Gasteiger partial charge is 0.273 e. The lowest BCUT2D eigenvalue weighted by Gasteiger charge is -2.12. The van der Waals surface area contributed by atoms with Crippen LogP contribution in [0.1, 0.15) is 18.2 Å². The first-order valence-electron chi connectivity index (χ1n) is 7.07. The van der Waals surface area contributed by atoms with E-state index in [-0.39, 0.29) is 12.3 Å². The molecule has 3 aromatic rings. The molecular formula is C16H13F3N4O. The van der Waals surface area contributed by atoms with E-state index >= 15 is 0 Å². The highest BCUT2D eigenvalue weighted by Crippen LogP contribution is 2.30. The molecule has 0 N–H and O–H groups in total. The molecule has 0 aliphatic carbocycles. The predicted octanol–water partition coefficient (Wildman–Crippen LogP) is 3.49. The van der Waals surface area contributed by atoms with E-state index in [9.17, 15) is 13.2 Å². The van der Waals surface area contributed by atoms with Crippen LogP contribution in [0.2, 0.25) is 0 Å². The lowest BCUT2D eigenvalue weighted by molar-refractivity contribution is 0.0137. The molecule has 0 aliphatic rings. The molecule has 0 saturated carbocycles. The third-order valence-electron chi connectivity index (χ3n) is 3.23. The normalized spacial score (nSPS) is 11.5. The molecule has 0 amide bonds. The number of benzene rings is 1. The highest BCUT2D eigenvalue weighted by Gasteiger charge is 2.28. The number of hydrogen-bond donors (Lipinski definition) is 0. The molecule has 0 bridgehead atoms. The Morgan fingerprint density at radius 3 is 2.75 bits per heavy atom. The first-order chi connectivity index (χ1) is 11.4. The first kappa shape index (κ1) is 16.0. The highest BCUT2D eigenvalue weighted by atomic mass is 19.3. The first-order valence-corrected chi connectivity index (χ1v) is 7.07. The lowest BCUT2D eigenvalue weighted by Crippen LogP contribution is -2.11. The van der Waals surface area contributed by atoms with Gasteiger partial charge in [-0.2, -0.15) is 0 Å². The van der Waals surface area contributed by atoms with Crippen LogP contribution < -0.4 is 4.74 Å². The molecular weight excluding hydrogens is 321 g/mol. The van der Waals surface area contributed by atoms with Crippen molar-refractivity contribution in [3.8, 4) is 11.6 Å². The molecule has 1 aromatic carbocycles. The van der Waals surface area contributed by atoms with E-state index < -0.39 is 17.3 Å². The Morgan fingerprint density at radius 1 is 1.21 bits per heavy atom. The fraction of sp³-hybridized carbons (Fsp3) is 0.188. The van der Waals surface area contributed by atoms with Crippen molar-refractivity contribution in [3.05, 3.63) is 65.9 Å². The van der Waals surface area contributed by atoms with Gasteiger partial charge in [0.1, 0.15) is 18.1 Å². The topological polar surface area (TPSA) is 52.8 Å². The SMILES string of the molecule is CC(F)(F)c1cc(-n2cc(COc3ccccn3)nn2)ccc1F. The average molecular weight is 334 g/mol. The second-order valence-electron chi connectivity index (χ2n) is 5.16. The standard InChI is InChI=1S/C16H13F3N4O/c1-16(18,19)13-8-12(5-6-14(13)17)23-9-11(21-22-23)10-24-15-4-2-3-7-20-15/h2-9H,10H2,1H3. The molecule has 124 valence electrons. The Balaban J connectivity index is 1.78. The lowest BCUT2D eigenvalue weighted by atomic mass is 10.1. The molecule has 0 fully saturated rings. The summed E-state index contributed by atoms with van der Waals surface area (Å²) in [4.78, 5) is 4.00. The molecule has 0 spiro atoms. The van der Waals surface area contributed by atoms with Crippen LogP contribution >= 0.6 is 0 Å². The number of nitrogens with zero attached hydrogens (tertiary/aromatic N) is 4. The van der Waals surface area contributed by atoms with Crippen LogP contribution in [-0.4, -0.2) is 20.0 Å². The van der Waals surface area contributed by atoms with Gasteiger partial charge >= 0.3 is 0 Å². The summed E-state index contributed by atoms with van der Waals surface area (Å²) in [6.45, 7) is 0.762. The van der Waals surface area contributed by atoms with Crippen LogP contribution in [0, 0.1) is 5.82 Å². The summed E-state index contributed by atoms with van der Waals surface area (Å²) in [6, 6.07) is 8.62. The van der Waals surface area contributed by atoms with Crippen LogP contribution in [0.15, 0.2) is 48.8 Å². The van der Waals surface area contributed by atoms with Gasteiger partial charge in [0.2, 0.25) is 5.88 Å². The third-order valence-corrected chi connectivity index (χ3v) is 3.23. The van der Waals surface area contributed by atoms with Crippen molar-refractivity contribution in [2.45, 2.75) is 19.5 Å². The minimum atomic E-state index is -3.29. The number of aromatic nitrogens is 4. The van der Waals surface area contributed by atoms with Crippen molar-refractivity contribution >= 4 is 0 Å². The van der Waals surface area contributed by atoms with Gasteiger partial charge in [0.05, 0.1) is 17.4 Å². The summed E-state index contributed by atoms with van der Waals surface area (Å²) < 4.78 is 47.1. The molecule has 0 saturated heterocycles. The van der Waals surface area contributed by atoms with Gasteiger partial charge < -0.3 is 4.74 Å². The molecule has 2 aromatic heterocycles. The molecule has 24 heavy (non-hydrogen) atoms. The molecule has 0 atom stereocenters. The van der Waals surface area contributed by atoms with Crippen molar-refractivity contribution < 1.29 is 17.9 Å². The zero-order valence-corrected chi connectivity index (χ0v) is 12.7. The maximum absolute atomic E-state index is 13.5. The summed E-state index contributed by atoms with van der Waals surface area (Å²) in [5, 5.41) is 7.75. The fourth-order valence-corrected chi connectivity index (χ4v) is 2.06. The quantitative estimate of drug-likeness (QED) is 0.717. The number of alkyl halides is 2. The van der Waals surface area contributed by atoms with E-state index in [4.69, 9.17) is 4.74 Å². The Kier molecular flexibility index (Phi) is 4.20. The Morgan fingerprint density at radius 2 is 2.04 bits per heavy atom. The van der Waals surface area contributed by atoms with Gasteiger partial charge in [-0.05, 0) is 24.3 Å². The van der Waals surface area contributed by atoms with Gasteiger partial charge in [0.25, 0.3) is 5.92 Å². The predicted molar refractivity (Wildman–Crippen MR) is 79.5 cm³/mol. The van der Waals surface area contributed by atoms with Gasteiger partial charge in [-0.3, -0.25) is 0 Å². The molecule has 5 nitrogen and oxygen atoms in total. The number of pyridine rings is 1. The summed E-state index contributed by atoms with van der Waals surface area (Å²) in [5.74, 6) is -3.82. The van der Waals surface area contributed by atoms with Crippen molar-refractivity contribution in [2.75, 3.05) is 0 Å². The molecule has 0 unspecified atom stereocenters. The summed E-state index contributed by atoms with van der Waals surface area (Å²) in [7, 11) is 0. The number of ether oxygens (including phenoxy) is 1. The van der Waals surface area contributed by atoms with Crippen LogP contribution in [0.4, 0.5) is 13.2 Å². The second kappa shape index (κ2) is 6.31. The van der Waals surface area contributed by atoms with Gasteiger partial charge in [-0.15, -0.1) is 5.10 Å². The van der Waals surface area contributed by atoms with E-state index in [0.29, 0.717) is 18.5 Å². The Hall–Kier alpha value is -2.90. The maximum atomic E-state index is 13.5. The van der Waals surface area contributed by atoms with Crippen molar-refractivity contribution in [3.63, 3.8) is 0 Å². The van der Waals surface area contributed by atoms with Crippen LogP contribution in [-0.2, 0) is 12.5 Å². The third kappa shape index (κ3) is 3.53. The molecule has 2 heterocycles. The fourth-order valence-electron chi connectivity index (χ4n) is 2.06. The van der Waals surface area contributed by atoms with Gasteiger partial charge in [0, 0.05) is 19.2 Å². The monoisotopic (exact) mass is 334 g/mol. The van der Waals surface area contributed by atoms with Crippen molar-refractivity contribution in [2.24, 2.45) is 0 Å². The van der Waals surface area contributed by atoms with Gasteiger partial charge in [-0.25, -0.2) is 22.8 Å². The molecule has 8 heteroatoms. The summed E-state index contributed by atoms with van der Waals surface area (Å²) in [5.41, 5.74) is 0.0704. The van der Waals surface area contributed by atoms with Crippen LogP contribution in [0.3, 0.4) is 0 Å². The van der Waals surface area contributed by atoms with E-state index in [1.807, 2.05) is 0 Å². The van der Waals surface area contributed by atoms with Crippen molar-refractivity contribution in [1.82, 2.24) is 20.0 Å². The number of halogens is 3. The van der Waals surface area contributed by atoms with E-state index in [1.54, 1.807) is 24.4 Å². The minimum Gasteiger partial charge on any atom is -0.471 e. The zero-order valence-electron chi connectivity index (χ0n) is 12.7. The summed E-state index contributed by atoms with van der Waals surface area (Å²) >= 11 is 0. The van der Waals surface area contributed by atoms with Gasteiger partial charge in [0.15, 0.2) is 0 Å². The van der Waals surface area contributed by atoms with Crippen LogP contribution in [0.25, 0.3) is 5.69 Å². The van der Waals surface area contributed by atoms with Crippen LogP contribution in [0.5, 0.6) is 5.88 Å². The summed E-state index contributed by atoms with van der Waals surface area (Å²) in [6.07, 6.45) is 3.12. The molecule has 0 aliphatic heterocycles. The largest absolute Gasteiger partial charge is 0.471 e. The van der Waals surface area contributed by atoms with Gasteiger partial charge in [-0.1, -0.05) is 11.3 Å². The number of hydrogen-bond acceptors (Lipinski definition) is 4.